The standard InChI is InChI=1S/C30H19N3O/c1-2-10-20(11-3-1)22-12-4-7-15-26(22)33-27-16-8-6-14-25(27)32-29(33)21-18-24-23-13-5-9-17-28(23)34-30(24)31-19-21/h1-19H. The van der Waals surface area contributed by atoms with E-state index >= 15 is 0 Å². The van der Waals surface area contributed by atoms with Crippen molar-refractivity contribution in [2.45, 2.75) is 0 Å². The smallest absolute Gasteiger partial charge is 0.227 e. The van der Waals surface area contributed by atoms with Gasteiger partial charge in [-0.25, -0.2) is 9.97 Å². The molecule has 4 nitrogen and oxygen atoms in total. The molecule has 0 bridgehead atoms. The van der Waals surface area contributed by atoms with Crippen LogP contribution in [0.5, 0.6) is 0 Å². The normalized spacial score (nSPS) is 11.5. The fourth-order valence-electron chi connectivity index (χ4n) is 4.73. The van der Waals surface area contributed by atoms with Crippen LogP contribution in [0.1, 0.15) is 0 Å². The van der Waals surface area contributed by atoms with Crippen LogP contribution in [0.2, 0.25) is 0 Å². The van der Waals surface area contributed by atoms with Crippen molar-refractivity contribution in [3.63, 3.8) is 0 Å². The van der Waals surface area contributed by atoms with Gasteiger partial charge in [0.2, 0.25) is 5.71 Å². The second-order valence-electron chi connectivity index (χ2n) is 8.32. The third kappa shape index (κ3) is 2.86. The van der Waals surface area contributed by atoms with Crippen LogP contribution in [0, 0.1) is 0 Å². The molecule has 3 aromatic heterocycles. The van der Waals surface area contributed by atoms with E-state index in [1.54, 1.807) is 0 Å². The predicted molar refractivity (Wildman–Crippen MR) is 137 cm³/mol. The summed E-state index contributed by atoms with van der Waals surface area (Å²) in [6.45, 7) is 0. The monoisotopic (exact) mass is 437 g/mol. The number of furan rings is 1. The molecule has 0 unspecified atom stereocenters. The lowest BCUT2D eigenvalue weighted by molar-refractivity contribution is 0.654. The minimum absolute atomic E-state index is 0.636. The topological polar surface area (TPSA) is 43.9 Å². The highest BCUT2D eigenvalue weighted by Crippen LogP contribution is 2.36. The molecule has 0 saturated heterocycles. The van der Waals surface area contributed by atoms with Gasteiger partial charge in [0.1, 0.15) is 11.4 Å². The molecule has 4 heteroatoms. The first-order chi connectivity index (χ1) is 16.9. The summed E-state index contributed by atoms with van der Waals surface area (Å²) < 4.78 is 8.19. The Morgan fingerprint density at radius 1 is 0.647 bits per heavy atom. The van der Waals surface area contributed by atoms with Crippen LogP contribution in [0.4, 0.5) is 0 Å². The number of nitrogens with zero attached hydrogens (tertiary/aromatic N) is 3. The summed E-state index contributed by atoms with van der Waals surface area (Å²) in [6.07, 6.45) is 1.85. The highest BCUT2D eigenvalue weighted by Gasteiger charge is 2.19. The zero-order valence-electron chi connectivity index (χ0n) is 18.2. The van der Waals surface area contributed by atoms with Crippen molar-refractivity contribution in [2.75, 3.05) is 0 Å². The van der Waals surface area contributed by atoms with Crippen molar-refractivity contribution in [1.29, 1.82) is 0 Å². The lowest BCUT2D eigenvalue weighted by atomic mass is 10.0. The Kier molecular flexibility index (Phi) is 4.11. The summed E-state index contributed by atoms with van der Waals surface area (Å²) in [5.74, 6) is 0.851. The quantitative estimate of drug-likeness (QED) is 0.285. The molecular weight excluding hydrogens is 418 g/mol. The fraction of sp³-hybridized carbons (Fsp3) is 0. The number of benzene rings is 4. The first kappa shape index (κ1) is 18.8. The SMILES string of the molecule is c1ccc(-c2ccccc2-n2c(-c3cnc4oc5ccccc5c4c3)nc3ccccc32)cc1. The van der Waals surface area contributed by atoms with Crippen molar-refractivity contribution in [1.82, 2.24) is 14.5 Å². The molecular formula is C30H19N3O. The molecule has 0 N–H and O–H groups in total. The lowest BCUT2D eigenvalue weighted by Crippen LogP contribution is -2.00. The first-order valence-corrected chi connectivity index (χ1v) is 11.3. The van der Waals surface area contributed by atoms with Crippen LogP contribution in [0.25, 0.3) is 61.3 Å². The van der Waals surface area contributed by atoms with Gasteiger partial charge < -0.3 is 4.42 Å². The molecule has 0 aliphatic heterocycles. The average Bonchev–Trinajstić information content (AvgIpc) is 3.47. The summed E-state index contributed by atoms with van der Waals surface area (Å²) in [6, 6.07) is 37.4. The molecule has 0 atom stereocenters. The number of fused-ring (bicyclic) bond motifs is 4. The Bertz CT molecular complexity index is 1810. The maximum Gasteiger partial charge on any atom is 0.227 e. The number of rotatable bonds is 3. The molecule has 7 aromatic rings. The minimum Gasteiger partial charge on any atom is -0.438 e. The highest BCUT2D eigenvalue weighted by atomic mass is 16.3. The maximum atomic E-state index is 5.96. The van der Waals surface area contributed by atoms with E-state index in [2.05, 4.69) is 88.4 Å². The van der Waals surface area contributed by atoms with E-state index in [1.807, 2.05) is 36.5 Å². The van der Waals surface area contributed by atoms with Gasteiger partial charge in [-0.3, -0.25) is 4.57 Å². The summed E-state index contributed by atoms with van der Waals surface area (Å²) >= 11 is 0. The molecule has 4 aromatic carbocycles. The second-order valence-corrected chi connectivity index (χ2v) is 8.32. The molecule has 34 heavy (non-hydrogen) atoms. The van der Waals surface area contributed by atoms with Gasteiger partial charge in [0.15, 0.2) is 0 Å². The van der Waals surface area contributed by atoms with Gasteiger partial charge in [0, 0.05) is 28.1 Å². The lowest BCUT2D eigenvalue weighted by Gasteiger charge is -2.15. The van der Waals surface area contributed by atoms with Crippen molar-refractivity contribution in [2.24, 2.45) is 0 Å². The van der Waals surface area contributed by atoms with Crippen LogP contribution >= 0.6 is 0 Å². The van der Waals surface area contributed by atoms with Gasteiger partial charge in [0.25, 0.3) is 0 Å². The predicted octanol–water partition coefficient (Wildman–Crippen LogP) is 7.65. The van der Waals surface area contributed by atoms with Crippen LogP contribution < -0.4 is 0 Å². The molecule has 7 rings (SSSR count). The Morgan fingerprint density at radius 2 is 1.41 bits per heavy atom. The van der Waals surface area contributed by atoms with Gasteiger partial charge in [-0.15, -0.1) is 0 Å². The van der Waals surface area contributed by atoms with Crippen LogP contribution in [0.15, 0.2) is 120 Å². The summed E-state index contributed by atoms with van der Waals surface area (Å²) in [5, 5.41) is 2.04. The Morgan fingerprint density at radius 3 is 2.35 bits per heavy atom. The van der Waals surface area contributed by atoms with Crippen molar-refractivity contribution in [3.8, 4) is 28.2 Å². The van der Waals surface area contributed by atoms with E-state index < -0.39 is 0 Å². The second kappa shape index (κ2) is 7.42. The van der Waals surface area contributed by atoms with Gasteiger partial charge in [-0.1, -0.05) is 78.9 Å². The molecule has 0 amide bonds. The Balaban J connectivity index is 1.53. The van der Waals surface area contributed by atoms with Gasteiger partial charge in [-0.05, 0) is 35.9 Å². The molecule has 0 radical (unpaired) electrons. The van der Waals surface area contributed by atoms with Crippen LogP contribution in [-0.2, 0) is 0 Å². The number of hydrogen-bond donors (Lipinski definition) is 0. The van der Waals surface area contributed by atoms with Crippen LogP contribution in [-0.4, -0.2) is 14.5 Å². The number of aromatic nitrogens is 3. The largest absolute Gasteiger partial charge is 0.438 e. The van der Waals surface area contributed by atoms with Gasteiger partial charge in [0.05, 0.1) is 16.7 Å². The maximum absolute atomic E-state index is 5.96. The first-order valence-electron chi connectivity index (χ1n) is 11.3. The molecule has 0 fully saturated rings. The zero-order valence-corrected chi connectivity index (χ0v) is 18.2. The summed E-state index contributed by atoms with van der Waals surface area (Å²) in [5.41, 5.74) is 7.80. The average molecular weight is 438 g/mol. The van der Waals surface area contributed by atoms with E-state index in [9.17, 15) is 0 Å². The summed E-state index contributed by atoms with van der Waals surface area (Å²) in [7, 11) is 0. The van der Waals surface area contributed by atoms with Crippen molar-refractivity contribution < 1.29 is 4.42 Å². The number of hydrogen-bond acceptors (Lipinski definition) is 3. The Hall–Kier alpha value is -4.70. The van der Waals surface area contributed by atoms with Gasteiger partial charge >= 0.3 is 0 Å². The summed E-state index contributed by atoms with van der Waals surface area (Å²) in [4.78, 5) is 9.72. The van der Waals surface area contributed by atoms with E-state index in [0.29, 0.717) is 5.71 Å². The third-order valence-electron chi connectivity index (χ3n) is 6.28. The fourth-order valence-corrected chi connectivity index (χ4v) is 4.73. The third-order valence-corrected chi connectivity index (χ3v) is 6.28. The molecule has 0 aliphatic carbocycles. The Labute approximate surface area is 195 Å². The van der Waals surface area contributed by atoms with E-state index in [-0.39, 0.29) is 0 Å². The minimum atomic E-state index is 0.636. The molecule has 0 aliphatic rings. The van der Waals surface area contributed by atoms with Crippen molar-refractivity contribution >= 4 is 33.1 Å². The number of pyridine rings is 1. The van der Waals surface area contributed by atoms with Crippen LogP contribution in [0.3, 0.4) is 0 Å². The number of imidazole rings is 1. The zero-order chi connectivity index (χ0) is 22.5. The van der Waals surface area contributed by atoms with E-state index in [1.165, 1.54) is 0 Å². The molecule has 3 heterocycles. The van der Waals surface area contributed by atoms with Crippen molar-refractivity contribution in [3.05, 3.63) is 115 Å². The van der Waals surface area contributed by atoms with Gasteiger partial charge in [-0.2, -0.15) is 0 Å². The van der Waals surface area contributed by atoms with E-state index in [4.69, 9.17) is 9.40 Å². The highest BCUT2D eigenvalue weighted by molar-refractivity contribution is 6.04. The number of para-hydroxylation sites is 4. The molecule has 160 valence electrons. The molecule has 0 spiro atoms. The molecule has 0 saturated carbocycles. The van der Waals surface area contributed by atoms with E-state index in [0.717, 1.165) is 55.6 Å².